The summed E-state index contributed by atoms with van der Waals surface area (Å²) in [5.41, 5.74) is 0.626. The van der Waals surface area contributed by atoms with Crippen molar-refractivity contribution in [1.29, 1.82) is 0 Å². The summed E-state index contributed by atoms with van der Waals surface area (Å²) in [5, 5.41) is 11.3. The van der Waals surface area contributed by atoms with Gasteiger partial charge < -0.3 is 19.2 Å². The molecule has 0 bridgehead atoms. The van der Waals surface area contributed by atoms with E-state index in [1.54, 1.807) is 33.1 Å². The Kier molecular flexibility index (Phi) is 5.48. The van der Waals surface area contributed by atoms with Crippen molar-refractivity contribution in [1.82, 2.24) is 9.88 Å². The number of amides is 1. The molecule has 1 aliphatic rings. The van der Waals surface area contributed by atoms with Gasteiger partial charge in [0, 0.05) is 20.3 Å². The third-order valence-corrected chi connectivity index (χ3v) is 5.51. The molecule has 2 aromatic heterocycles. The van der Waals surface area contributed by atoms with Gasteiger partial charge in [0.25, 0.3) is 5.91 Å². The van der Waals surface area contributed by atoms with Crippen LogP contribution < -0.4 is 0 Å². The molecule has 8 heteroatoms. The summed E-state index contributed by atoms with van der Waals surface area (Å²) >= 11 is 1.25. The van der Waals surface area contributed by atoms with Crippen molar-refractivity contribution in [2.24, 2.45) is 0 Å². The first-order chi connectivity index (χ1) is 12.8. The van der Waals surface area contributed by atoms with E-state index in [4.69, 9.17) is 9.15 Å². The summed E-state index contributed by atoms with van der Waals surface area (Å²) in [5.74, 6) is -0.381. The molecule has 0 saturated heterocycles. The number of rotatable bonds is 7. The van der Waals surface area contributed by atoms with E-state index in [9.17, 15) is 14.7 Å². The molecule has 1 atom stereocenters. The smallest absolute Gasteiger partial charge is 0.290 e. The normalized spacial score (nSPS) is 17.3. The van der Waals surface area contributed by atoms with E-state index in [-0.39, 0.29) is 5.57 Å². The fourth-order valence-corrected chi connectivity index (χ4v) is 4.13. The molecule has 0 radical (unpaired) electrons. The lowest BCUT2D eigenvalue weighted by Crippen LogP contribution is -2.32. The van der Waals surface area contributed by atoms with Crippen LogP contribution in [0.15, 0.2) is 27.9 Å². The van der Waals surface area contributed by atoms with E-state index in [1.807, 2.05) is 6.92 Å². The van der Waals surface area contributed by atoms with Crippen LogP contribution >= 0.6 is 11.3 Å². The number of aliphatic hydroxyl groups is 1. The third-order valence-electron chi connectivity index (χ3n) is 4.44. The van der Waals surface area contributed by atoms with Crippen LogP contribution in [0.5, 0.6) is 0 Å². The number of aliphatic hydroxyl groups excluding tert-OH is 1. The lowest BCUT2D eigenvalue weighted by molar-refractivity contribution is -0.129. The SMILES string of the molecule is COCCCN1C(=O)C(O)=C(C(=O)c2sc(C)nc2C)C1c1ccc(C)o1. The van der Waals surface area contributed by atoms with Gasteiger partial charge in [-0.2, -0.15) is 0 Å². The number of aryl methyl sites for hydroxylation is 3. The number of ketones is 1. The van der Waals surface area contributed by atoms with Crippen molar-refractivity contribution in [2.75, 3.05) is 20.3 Å². The van der Waals surface area contributed by atoms with Crippen LogP contribution in [-0.4, -0.2) is 46.9 Å². The van der Waals surface area contributed by atoms with Crippen molar-refractivity contribution < 1.29 is 23.8 Å². The highest BCUT2D eigenvalue weighted by molar-refractivity contribution is 7.14. The largest absolute Gasteiger partial charge is 0.503 e. The first-order valence-electron chi connectivity index (χ1n) is 8.63. The van der Waals surface area contributed by atoms with E-state index >= 15 is 0 Å². The number of furan rings is 1. The van der Waals surface area contributed by atoms with Gasteiger partial charge in [-0.05, 0) is 39.3 Å². The van der Waals surface area contributed by atoms with Gasteiger partial charge in [0.2, 0.25) is 5.78 Å². The lowest BCUT2D eigenvalue weighted by Gasteiger charge is -2.24. The predicted molar refractivity (Wildman–Crippen MR) is 100.0 cm³/mol. The highest BCUT2D eigenvalue weighted by atomic mass is 32.1. The Morgan fingerprint density at radius 3 is 2.67 bits per heavy atom. The van der Waals surface area contributed by atoms with Gasteiger partial charge in [-0.15, -0.1) is 11.3 Å². The molecule has 2 aromatic rings. The molecule has 0 fully saturated rings. The molecule has 3 heterocycles. The summed E-state index contributed by atoms with van der Waals surface area (Å²) in [7, 11) is 1.58. The standard InChI is InChI=1S/C19H22N2O5S/c1-10-6-7-13(26-10)15-14(16(22)18-11(2)20-12(3)27-18)17(23)19(24)21(15)8-5-9-25-4/h6-7,15,23H,5,8-9H2,1-4H3. The van der Waals surface area contributed by atoms with Gasteiger partial charge in [0.05, 0.1) is 21.2 Å². The van der Waals surface area contributed by atoms with E-state index < -0.39 is 23.5 Å². The minimum atomic E-state index is -0.766. The number of carbonyl (C=O) groups is 2. The second kappa shape index (κ2) is 7.66. The average Bonchev–Trinajstić information content (AvgIpc) is 3.26. The molecule has 144 valence electrons. The molecular formula is C19H22N2O5S. The Morgan fingerprint density at radius 2 is 2.11 bits per heavy atom. The van der Waals surface area contributed by atoms with Crippen LogP contribution in [-0.2, 0) is 9.53 Å². The zero-order chi connectivity index (χ0) is 19.7. The zero-order valence-corrected chi connectivity index (χ0v) is 16.6. The quantitative estimate of drug-likeness (QED) is 0.576. The number of ether oxygens (including phenoxy) is 1. The van der Waals surface area contributed by atoms with Gasteiger partial charge in [0.1, 0.15) is 17.6 Å². The second-order valence-electron chi connectivity index (χ2n) is 6.43. The molecular weight excluding hydrogens is 368 g/mol. The van der Waals surface area contributed by atoms with Crippen molar-refractivity contribution >= 4 is 23.0 Å². The van der Waals surface area contributed by atoms with E-state index in [1.165, 1.54) is 16.2 Å². The van der Waals surface area contributed by atoms with Gasteiger partial charge >= 0.3 is 0 Å². The number of carbonyl (C=O) groups excluding carboxylic acids is 2. The Morgan fingerprint density at radius 1 is 1.37 bits per heavy atom. The van der Waals surface area contributed by atoms with Gasteiger partial charge in [-0.1, -0.05) is 0 Å². The molecule has 1 aliphatic heterocycles. The van der Waals surface area contributed by atoms with Crippen LogP contribution in [0.25, 0.3) is 0 Å². The second-order valence-corrected chi connectivity index (χ2v) is 7.64. The predicted octanol–water partition coefficient (Wildman–Crippen LogP) is 3.28. The molecule has 1 unspecified atom stereocenters. The first-order valence-corrected chi connectivity index (χ1v) is 9.45. The number of Topliss-reactive ketones (excluding diaryl/α,β-unsaturated/α-hetero) is 1. The molecule has 0 spiro atoms. The molecule has 3 rings (SSSR count). The Balaban J connectivity index is 2.04. The number of thiazole rings is 1. The summed E-state index contributed by atoms with van der Waals surface area (Å²) < 4.78 is 10.8. The van der Waals surface area contributed by atoms with Crippen LogP contribution in [0.4, 0.5) is 0 Å². The van der Waals surface area contributed by atoms with Crippen LogP contribution in [0.3, 0.4) is 0 Å². The van der Waals surface area contributed by atoms with E-state index in [2.05, 4.69) is 4.98 Å². The van der Waals surface area contributed by atoms with Crippen LogP contribution in [0.2, 0.25) is 0 Å². The molecule has 1 N–H and O–H groups in total. The Labute approximate surface area is 161 Å². The fourth-order valence-electron chi connectivity index (χ4n) is 3.26. The topological polar surface area (TPSA) is 92.9 Å². The maximum absolute atomic E-state index is 13.2. The maximum atomic E-state index is 13.2. The number of hydrogen-bond acceptors (Lipinski definition) is 7. The Hall–Kier alpha value is -2.45. The highest BCUT2D eigenvalue weighted by Crippen LogP contribution is 2.40. The summed E-state index contributed by atoms with van der Waals surface area (Å²) in [6.45, 7) is 6.14. The number of methoxy groups -OCH3 is 1. The summed E-state index contributed by atoms with van der Waals surface area (Å²) in [6.07, 6.45) is 0.575. The maximum Gasteiger partial charge on any atom is 0.290 e. The highest BCUT2D eigenvalue weighted by Gasteiger charge is 2.45. The van der Waals surface area contributed by atoms with Crippen molar-refractivity contribution in [2.45, 2.75) is 33.2 Å². The molecule has 0 aromatic carbocycles. The Bertz CT molecular complexity index is 911. The molecule has 0 saturated carbocycles. The monoisotopic (exact) mass is 390 g/mol. The average molecular weight is 390 g/mol. The fraction of sp³-hybridized carbons (Fsp3) is 0.421. The van der Waals surface area contributed by atoms with Crippen molar-refractivity contribution in [3.63, 3.8) is 0 Å². The molecule has 7 nitrogen and oxygen atoms in total. The van der Waals surface area contributed by atoms with Crippen LogP contribution in [0, 0.1) is 20.8 Å². The van der Waals surface area contributed by atoms with Crippen molar-refractivity contribution in [3.8, 4) is 0 Å². The third kappa shape index (κ3) is 3.54. The van der Waals surface area contributed by atoms with E-state index in [0.717, 1.165) is 5.01 Å². The number of hydrogen-bond donors (Lipinski definition) is 1. The van der Waals surface area contributed by atoms with Gasteiger partial charge in [-0.25, -0.2) is 4.98 Å². The van der Waals surface area contributed by atoms with E-state index in [0.29, 0.717) is 41.7 Å². The minimum absolute atomic E-state index is 0.0403. The van der Waals surface area contributed by atoms with Gasteiger partial charge in [0.15, 0.2) is 5.76 Å². The molecule has 0 aliphatic carbocycles. The van der Waals surface area contributed by atoms with Crippen LogP contribution in [0.1, 0.15) is 44.4 Å². The summed E-state index contributed by atoms with van der Waals surface area (Å²) in [6, 6.07) is 2.73. The summed E-state index contributed by atoms with van der Waals surface area (Å²) in [4.78, 5) is 32.1. The van der Waals surface area contributed by atoms with Crippen molar-refractivity contribution in [3.05, 3.63) is 50.6 Å². The molecule has 1 amide bonds. The lowest BCUT2D eigenvalue weighted by atomic mass is 9.99. The molecule has 27 heavy (non-hydrogen) atoms. The first kappa shape index (κ1) is 19.3. The zero-order valence-electron chi connectivity index (χ0n) is 15.7. The number of aromatic nitrogens is 1. The number of nitrogens with zero attached hydrogens (tertiary/aromatic N) is 2. The van der Waals surface area contributed by atoms with Gasteiger partial charge in [-0.3, -0.25) is 9.59 Å². The minimum Gasteiger partial charge on any atom is -0.503 e.